The third kappa shape index (κ3) is 4.75. The van der Waals surface area contributed by atoms with Crippen molar-refractivity contribution >= 4 is 15.9 Å². The topological polar surface area (TPSA) is 69.7 Å². The highest BCUT2D eigenvalue weighted by molar-refractivity contribution is 7.89. The lowest BCUT2D eigenvalue weighted by Crippen LogP contribution is -2.55. The summed E-state index contributed by atoms with van der Waals surface area (Å²) in [6.07, 6.45) is 0. The van der Waals surface area contributed by atoms with Crippen molar-refractivity contribution in [2.24, 2.45) is 0 Å². The van der Waals surface area contributed by atoms with Crippen molar-refractivity contribution in [2.45, 2.75) is 64.8 Å². The summed E-state index contributed by atoms with van der Waals surface area (Å²) in [6.45, 7) is 16.4. The number of piperazine rings is 1. The summed E-state index contributed by atoms with van der Waals surface area (Å²) in [4.78, 5) is 14.5. The van der Waals surface area contributed by atoms with Gasteiger partial charge in [0.25, 0.3) is 0 Å². The molecule has 158 valence electrons. The van der Waals surface area contributed by atoms with E-state index < -0.39 is 10.0 Å². The number of benzene rings is 1. The molecule has 0 aromatic heterocycles. The van der Waals surface area contributed by atoms with E-state index in [-0.39, 0.29) is 17.4 Å². The molecule has 28 heavy (non-hydrogen) atoms. The molecule has 0 bridgehead atoms. The fraction of sp³-hybridized carbons (Fsp3) is 0.667. The minimum atomic E-state index is -3.56. The second-order valence-electron chi connectivity index (χ2n) is 8.70. The molecule has 1 saturated heterocycles. The summed E-state index contributed by atoms with van der Waals surface area (Å²) < 4.78 is 28.2. The van der Waals surface area contributed by atoms with Gasteiger partial charge in [0.1, 0.15) is 0 Å². The number of rotatable bonds is 5. The first-order valence-electron chi connectivity index (χ1n) is 10.0. The molecule has 6 nitrogen and oxygen atoms in total. The Morgan fingerprint density at radius 2 is 1.61 bits per heavy atom. The van der Waals surface area contributed by atoms with Crippen LogP contribution in [0.25, 0.3) is 0 Å². The van der Waals surface area contributed by atoms with E-state index >= 15 is 0 Å². The second kappa shape index (κ2) is 8.51. The highest BCUT2D eigenvalue weighted by Crippen LogP contribution is 2.31. The Morgan fingerprint density at radius 3 is 2.04 bits per heavy atom. The molecule has 1 aromatic carbocycles. The van der Waals surface area contributed by atoms with E-state index in [1.54, 1.807) is 4.31 Å². The van der Waals surface area contributed by atoms with Gasteiger partial charge in [0.2, 0.25) is 15.9 Å². The summed E-state index contributed by atoms with van der Waals surface area (Å²) in [6, 6.07) is 3.74. The molecule has 0 unspecified atom stereocenters. The summed E-state index contributed by atoms with van der Waals surface area (Å²) in [5.74, 6) is -0.0109. The van der Waals surface area contributed by atoms with E-state index in [0.717, 1.165) is 16.7 Å². The Hall–Kier alpha value is -1.44. The molecule has 1 N–H and O–H groups in total. The maximum atomic E-state index is 13.3. The largest absolute Gasteiger partial charge is 0.355 e. The van der Waals surface area contributed by atoms with Crippen LogP contribution in [0.4, 0.5) is 0 Å². The number of carbonyl (C=O) groups excluding carboxylic acids is 1. The zero-order valence-corrected chi connectivity index (χ0v) is 19.1. The predicted octanol–water partition coefficient (Wildman–Crippen LogP) is 2.43. The van der Waals surface area contributed by atoms with Gasteiger partial charge in [-0.3, -0.25) is 9.69 Å². The molecule has 7 heteroatoms. The van der Waals surface area contributed by atoms with Gasteiger partial charge in [0.05, 0.1) is 10.9 Å². The van der Waals surface area contributed by atoms with E-state index in [9.17, 15) is 13.2 Å². The van der Waals surface area contributed by atoms with Crippen molar-refractivity contribution in [3.8, 4) is 0 Å². The van der Waals surface area contributed by atoms with Crippen molar-refractivity contribution in [1.82, 2.24) is 14.5 Å². The van der Waals surface area contributed by atoms with Gasteiger partial charge < -0.3 is 5.32 Å². The second-order valence-corrected chi connectivity index (χ2v) is 10.6. The first-order valence-corrected chi connectivity index (χ1v) is 11.5. The quantitative estimate of drug-likeness (QED) is 0.811. The fourth-order valence-corrected chi connectivity index (χ4v) is 5.57. The molecule has 1 fully saturated rings. The number of hydrogen-bond acceptors (Lipinski definition) is 4. The smallest absolute Gasteiger partial charge is 0.243 e. The number of nitrogens with one attached hydrogen (secondary N) is 1. The van der Waals surface area contributed by atoms with Crippen LogP contribution < -0.4 is 5.32 Å². The van der Waals surface area contributed by atoms with Gasteiger partial charge in [-0.2, -0.15) is 4.31 Å². The van der Waals surface area contributed by atoms with Crippen molar-refractivity contribution < 1.29 is 13.2 Å². The average Bonchev–Trinajstić information content (AvgIpc) is 2.59. The molecule has 2 rings (SSSR count). The number of hydrogen-bond donors (Lipinski definition) is 1. The van der Waals surface area contributed by atoms with Crippen LogP contribution in [0.15, 0.2) is 17.0 Å². The van der Waals surface area contributed by atoms with E-state index in [2.05, 4.69) is 26.1 Å². The number of carbonyl (C=O) groups is 1. The number of amides is 1. The molecule has 1 aliphatic heterocycles. The van der Waals surface area contributed by atoms with Crippen LogP contribution in [0.1, 0.15) is 51.3 Å². The third-order valence-corrected chi connectivity index (χ3v) is 7.68. The highest BCUT2D eigenvalue weighted by Gasteiger charge is 2.33. The molecule has 1 atom stereocenters. The molecule has 0 aliphatic carbocycles. The Bertz CT molecular complexity index is 797. The summed E-state index contributed by atoms with van der Waals surface area (Å²) in [5.41, 5.74) is 2.70. The van der Waals surface area contributed by atoms with Crippen molar-refractivity contribution in [3.05, 3.63) is 28.8 Å². The molecule has 1 aliphatic rings. The number of sulfonamides is 1. The first kappa shape index (κ1) is 22.8. The number of aryl methyl sites for hydroxylation is 2. The summed E-state index contributed by atoms with van der Waals surface area (Å²) in [5, 5.41) is 2.83. The molecule has 1 heterocycles. The van der Waals surface area contributed by atoms with E-state index in [1.807, 2.05) is 44.7 Å². The Kier molecular flexibility index (Phi) is 6.94. The molecule has 0 saturated carbocycles. The van der Waals surface area contributed by atoms with Crippen LogP contribution >= 0.6 is 0 Å². The maximum absolute atomic E-state index is 13.3. The third-order valence-electron chi connectivity index (χ3n) is 5.48. The lowest BCUT2D eigenvalue weighted by Gasteiger charge is -2.37. The van der Waals surface area contributed by atoms with Gasteiger partial charge in [-0.15, -0.1) is 0 Å². The van der Waals surface area contributed by atoms with E-state index in [0.29, 0.717) is 37.6 Å². The maximum Gasteiger partial charge on any atom is 0.243 e. The van der Waals surface area contributed by atoms with E-state index in [4.69, 9.17) is 0 Å². The number of likely N-dealkylation sites (N-methyl/N-ethyl adjacent to an activating group) is 1. The summed E-state index contributed by atoms with van der Waals surface area (Å²) in [7, 11) is -3.56. The van der Waals surface area contributed by atoms with Gasteiger partial charge >= 0.3 is 0 Å². The van der Waals surface area contributed by atoms with Crippen LogP contribution in [0, 0.1) is 13.8 Å². The van der Waals surface area contributed by atoms with Gasteiger partial charge in [-0.1, -0.05) is 32.9 Å². The fourth-order valence-electron chi connectivity index (χ4n) is 3.74. The minimum Gasteiger partial charge on any atom is -0.355 e. The first-order chi connectivity index (χ1) is 12.9. The minimum absolute atomic E-state index is 0.0109. The zero-order valence-electron chi connectivity index (χ0n) is 18.3. The lowest BCUT2D eigenvalue weighted by atomic mass is 9.85. The van der Waals surface area contributed by atoms with Gasteiger partial charge in [-0.25, -0.2) is 8.42 Å². The van der Waals surface area contributed by atoms with E-state index in [1.165, 1.54) is 0 Å². The molecular weight excluding hydrogens is 374 g/mol. The Morgan fingerprint density at radius 1 is 1.11 bits per heavy atom. The molecule has 1 amide bonds. The monoisotopic (exact) mass is 409 g/mol. The normalized spacial score (nSPS) is 18.1. The molecule has 0 spiro atoms. The van der Waals surface area contributed by atoms with Gasteiger partial charge in [0, 0.05) is 32.7 Å². The average molecular weight is 410 g/mol. The standard InChI is InChI=1S/C21H35N3O3S/c1-8-22-20(25)17(4)23-9-11-24(12-10-23)28(26,27)19-15(2)13-18(14-16(19)3)21(5,6)7/h13-14,17H,8-12H2,1-7H3,(H,22,25)/t17-/m1/s1. The van der Waals surface area contributed by atoms with Gasteiger partial charge in [-0.05, 0) is 49.8 Å². The predicted molar refractivity (Wildman–Crippen MR) is 113 cm³/mol. The zero-order chi connectivity index (χ0) is 21.3. The van der Waals surface area contributed by atoms with Crippen molar-refractivity contribution in [1.29, 1.82) is 0 Å². The van der Waals surface area contributed by atoms with Crippen LogP contribution in [-0.2, 0) is 20.2 Å². The van der Waals surface area contributed by atoms with Gasteiger partial charge in [0.15, 0.2) is 0 Å². The van der Waals surface area contributed by atoms with Crippen molar-refractivity contribution in [2.75, 3.05) is 32.7 Å². The van der Waals surface area contributed by atoms with Crippen molar-refractivity contribution in [3.63, 3.8) is 0 Å². The highest BCUT2D eigenvalue weighted by atomic mass is 32.2. The Balaban J connectivity index is 2.20. The molecule has 1 aromatic rings. The van der Waals surface area contributed by atoms with Crippen LogP contribution in [0.2, 0.25) is 0 Å². The Labute approximate surface area is 170 Å². The number of nitrogens with zero attached hydrogens (tertiary/aromatic N) is 2. The van der Waals surface area contributed by atoms with Crippen LogP contribution in [-0.4, -0.2) is 62.3 Å². The van der Waals surface area contributed by atoms with Crippen LogP contribution in [0.5, 0.6) is 0 Å². The lowest BCUT2D eigenvalue weighted by molar-refractivity contribution is -0.126. The molecular formula is C21H35N3O3S. The van der Waals surface area contributed by atoms with Crippen LogP contribution in [0.3, 0.4) is 0 Å². The molecule has 0 radical (unpaired) electrons. The SMILES string of the molecule is CCNC(=O)[C@@H](C)N1CCN(S(=O)(=O)c2c(C)cc(C(C)(C)C)cc2C)CC1. The summed E-state index contributed by atoms with van der Waals surface area (Å²) >= 11 is 0.